The minimum atomic E-state index is -0.185. The van der Waals surface area contributed by atoms with Crippen LogP contribution in [0.5, 0.6) is 0 Å². The average Bonchev–Trinajstić information content (AvgIpc) is 2.82. The van der Waals surface area contributed by atoms with Crippen LogP contribution >= 0.6 is 11.8 Å². The normalized spacial score (nSPS) is 9.89. The summed E-state index contributed by atoms with van der Waals surface area (Å²) >= 11 is 1.29. The molecule has 0 aliphatic rings. The molecule has 1 N–H and O–H groups in total. The van der Waals surface area contributed by atoms with Crippen LogP contribution in [0.1, 0.15) is 5.56 Å². The smallest absolute Gasteiger partial charge is 0.234 e. The number of nitrogens with one attached hydrogen (secondary N) is 1. The van der Waals surface area contributed by atoms with Gasteiger partial charge in [0.25, 0.3) is 0 Å². The van der Waals surface area contributed by atoms with Gasteiger partial charge in [-0.1, -0.05) is 23.9 Å². The van der Waals surface area contributed by atoms with Crippen LogP contribution in [-0.2, 0) is 11.8 Å². The van der Waals surface area contributed by atoms with Gasteiger partial charge >= 0.3 is 0 Å². The molecule has 0 aliphatic heterocycles. The molecular formula is C12H11N5OS. The van der Waals surface area contributed by atoms with Crippen molar-refractivity contribution in [1.82, 2.24) is 14.8 Å². The molecule has 0 atom stereocenters. The van der Waals surface area contributed by atoms with Crippen LogP contribution in [0.4, 0.5) is 5.69 Å². The molecule has 1 aromatic carbocycles. The van der Waals surface area contributed by atoms with E-state index in [2.05, 4.69) is 15.4 Å². The lowest BCUT2D eigenvalue weighted by molar-refractivity contribution is -0.113. The third-order valence-electron chi connectivity index (χ3n) is 2.32. The first kappa shape index (κ1) is 13.1. The molecule has 0 bridgehead atoms. The highest BCUT2D eigenvalue weighted by Crippen LogP contribution is 2.16. The second-order valence-electron chi connectivity index (χ2n) is 3.66. The van der Waals surface area contributed by atoms with Crippen molar-refractivity contribution in [2.24, 2.45) is 7.05 Å². The van der Waals surface area contributed by atoms with Crippen molar-refractivity contribution in [3.8, 4) is 6.07 Å². The molecule has 0 aliphatic carbocycles. The Morgan fingerprint density at radius 3 is 3.00 bits per heavy atom. The number of thioether (sulfide) groups is 1. The molecule has 7 heteroatoms. The number of rotatable bonds is 4. The third-order valence-corrected chi connectivity index (χ3v) is 3.36. The van der Waals surface area contributed by atoms with Crippen molar-refractivity contribution in [1.29, 1.82) is 5.26 Å². The Balaban J connectivity index is 1.95. The van der Waals surface area contributed by atoms with Crippen LogP contribution in [-0.4, -0.2) is 26.4 Å². The number of hydrogen-bond donors (Lipinski definition) is 1. The van der Waals surface area contributed by atoms with E-state index in [9.17, 15) is 4.79 Å². The second-order valence-corrected chi connectivity index (χ2v) is 4.60. The molecule has 1 aromatic heterocycles. The summed E-state index contributed by atoms with van der Waals surface area (Å²) < 4.78 is 1.60. The zero-order valence-electron chi connectivity index (χ0n) is 10.2. The number of benzene rings is 1. The summed E-state index contributed by atoms with van der Waals surface area (Å²) in [5.74, 6) is 0.0300. The summed E-state index contributed by atoms with van der Waals surface area (Å²) in [5.41, 5.74) is 0.966. The zero-order valence-corrected chi connectivity index (χ0v) is 11.0. The Kier molecular flexibility index (Phi) is 4.15. The topological polar surface area (TPSA) is 83.6 Å². The van der Waals surface area contributed by atoms with E-state index in [1.807, 2.05) is 6.07 Å². The standard InChI is InChI=1S/C12H11N5OS/c1-17-12(14-8-15-17)19-7-11(18)16-10-5-3-2-4-9(10)6-13/h2-5,8H,7H2,1H3,(H,16,18). The molecule has 19 heavy (non-hydrogen) atoms. The number of nitriles is 1. The van der Waals surface area contributed by atoms with E-state index < -0.39 is 0 Å². The quantitative estimate of drug-likeness (QED) is 0.852. The van der Waals surface area contributed by atoms with E-state index in [0.717, 1.165) is 0 Å². The van der Waals surface area contributed by atoms with Crippen molar-refractivity contribution >= 4 is 23.4 Å². The van der Waals surface area contributed by atoms with Crippen molar-refractivity contribution in [3.05, 3.63) is 36.2 Å². The van der Waals surface area contributed by atoms with Gasteiger partial charge in [-0.2, -0.15) is 10.4 Å². The van der Waals surface area contributed by atoms with Gasteiger partial charge < -0.3 is 5.32 Å². The number of amides is 1. The van der Waals surface area contributed by atoms with Gasteiger partial charge in [-0.05, 0) is 12.1 Å². The van der Waals surface area contributed by atoms with E-state index in [-0.39, 0.29) is 11.7 Å². The van der Waals surface area contributed by atoms with Crippen LogP contribution in [0.2, 0.25) is 0 Å². The molecule has 0 fully saturated rings. The molecule has 0 unspecified atom stereocenters. The van der Waals surface area contributed by atoms with Crippen molar-refractivity contribution in [2.45, 2.75) is 5.16 Å². The van der Waals surface area contributed by atoms with Crippen LogP contribution in [0.3, 0.4) is 0 Å². The number of para-hydroxylation sites is 1. The number of carbonyl (C=O) groups excluding carboxylic acids is 1. The SMILES string of the molecule is Cn1ncnc1SCC(=O)Nc1ccccc1C#N. The van der Waals surface area contributed by atoms with Gasteiger partial charge in [0, 0.05) is 7.05 Å². The summed E-state index contributed by atoms with van der Waals surface area (Å²) in [6.07, 6.45) is 1.44. The first-order chi connectivity index (χ1) is 9.20. The fraction of sp³-hybridized carbons (Fsp3) is 0.167. The van der Waals surface area contributed by atoms with Gasteiger partial charge in [-0.3, -0.25) is 4.79 Å². The molecule has 1 heterocycles. The monoisotopic (exact) mass is 273 g/mol. The predicted molar refractivity (Wildman–Crippen MR) is 71.5 cm³/mol. The fourth-order valence-corrected chi connectivity index (χ4v) is 2.11. The lowest BCUT2D eigenvalue weighted by Crippen LogP contribution is -2.15. The number of aromatic nitrogens is 3. The molecular weight excluding hydrogens is 262 g/mol. The van der Waals surface area contributed by atoms with Crippen molar-refractivity contribution in [3.63, 3.8) is 0 Å². The molecule has 2 rings (SSSR count). The van der Waals surface area contributed by atoms with Crippen LogP contribution in [0, 0.1) is 11.3 Å². The van der Waals surface area contributed by atoms with Crippen LogP contribution in [0.25, 0.3) is 0 Å². The van der Waals surface area contributed by atoms with Crippen LogP contribution < -0.4 is 5.32 Å². The van der Waals surface area contributed by atoms with E-state index in [1.165, 1.54) is 18.1 Å². The largest absolute Gasteiger partial charge is 0.324 e. The number of aryl methyl sites for hydroxylation is 1. The molecule has 0 radical (unpaired) electrons. The Hall–Kier alpha value is -2.33. The van der Waals surface area contributed by atoms with E-state index in [1.54, 1.807) is 36.0 Å². The summed E-state index contributed by atoms with van der Waals surface area (Å²) in [6, 6.07) is 8.91. The van der Waals surface area contributed by atoms with E-state index in [4.69, 9.17) is 5.26 Å². The highest BCUT2D eigenvalue weighted by Gasteiger charge is 2.09. The van der Waals surface area contributed by atoms with E-state index in [0.29, 0.717) is 16.4 Å². The Labute approximate surface area is 114 Å². The molecule has 0 saturated heterocycles. The first-order valence-electron chi connectivity index (χ1n) is 5.46. The lowest BCUT2D eigenvalue weighted by Gasteiger charge is -2.06. The Morgan fingerprint density at radius 2 is 2.32 bits per heavy atom. The second kappa shape index (κ2) is 6.02. The maximum atomic E-state index is 11.8. The van der Waals surface area contributed by atoms with Gasteiger partial charge in [0.05, 0.1) is 17.0 Å². The number of nitrogens with zero attached hydrogens (tertiary/aromatic N) is 4. The first-order valence-corrected chi connectivity index (χ1v) is 6.45. The number of anilines is 1. The Morgan fingerprint density at radius 1 is 1.53 bits per heavy atom. The summed E-state index contributed by atoms with van der Waals surface area (Å²) in [6.45, 7) is 0. The third kappa shape index (κ3) is 3.33. The molecule has 0 saturated carbocycles. The molecule has 2 aromatic rings. The van der Waals surface area contributed by atoms with Gasteiger partial charge in [-0.15, -0.1) is 0 Å². The minimum absolute atomic E-state index is 0.185. The molecule has 96 valence electrons. The Bertz CT molecular complexity index is 631. The van der Waals surface area contributed by atoms with E-state index >= 15 is 0 Å². The predicted octanol–water partition coefficient (Wildman–Crippen LogP) is 1.42. The lowest BCUT2D eigenvalue weighted by atomic mass is 10.2. The number of hydrogen-bond acceptors (Lipinski definition) is 5. The van der Waals surface area contributed by atoms with Crippen LogP contribution in [0.15, 0.2) is 35.7 Å². The zero-order chi connectivity index (χ0) is 13.7. The number of carbonyl (C=O) groups is 1. The van der Waals surface area contributed by atoms with Gasteiger partial charge in [0.15, 0.2) is 5.16 Å². The minimum Gasteiger partial charge on any atom is -0.324 e. The maximum absolute atomic E-state index is 11.8. The van der Waals surface area contributed by atoms with Gasteiger partial charge in [-0.25, -0.2) is 9.67 Å². The summed E-state index contributed by atoms with van der Waals surface area (Å²) in [7, 11) is 1.76. The molecule has 6 nitrogen and oxygen atoms in total. The molecule has 1 amide bonds. The van der Waals surface area contributed by atoms with Gasteiger partial charge in [0.1, 0.15) is 12.4 Å². The summed E-state index contributed by atoms with van der Waals surface area (Å²) in [5, 5.41) is 16.2. The highest BCUT2D eigenvalue weighted by molar-refractivity contribution is 7.99. The van der Waals surface area contributed by atoms with Crippen molar-refractivity contribution in [2.75, 3.05) is 11.1 Å². The van der Waals surface area contributed by atoms with Crippen molar-refractivity contribution < 1.29 is 4.79 Å². The maximum Gasteiger partial charge on any atom is 0.234 e. The summed E-state index contributed by atoms with van der Waals surface area (Å²) in [4.78, 5) is 15.8. The highest BCUT2D eigenvalue weighted by atomic mass is 32.2. The molecule has 0 spiro atoms. The van der Waals surface area contributed by atoms with Gasteiger partial charge in [0.2, 0.25) is 5.91 Å². The average molecular weight is 273 g/mol. The fourth-order valence-electron chi connectivity index (χ4n) is 1.42.